The number of nitrogens with zero attached hydrogens (tertiary/aromatic N) is 3. The molecule has 0 saturated heterocycles. The molecule has 0 N–H and O–H groups in total. The van der Waals surface area contributed by atoms with E-state index in [-0.39, 0.29) is 6.71 Å². The molecular formula is C54H38BN3O. The standard InChI is InChI=1S/C54H38BN3O/c1-7-19-39(20-8-1)47-33-36-50-53-54(47)59-52-38-46(57(42-25-13-4-14-26-42)43-27-15-5-16-28-43)32-35-49(52)55(53)48-34-31-45(37-51(48)58(50)44-29-17-6-18-30-44)56(40-21-9-2-10-22-40)41-23-11-3-12-24-41/h1-38H. The van der Waals surface area contributed by atoms with Crippen LogP contribution in [0.1, 0.15) is 0 Å². The van der Waals surface area contributed by atoms with Crippen molar-refractivity contribution >= 4 is 74.3 Å². The lowest BCUT2D eigenvalue weighted by molar-refractivity contribution is 0.489. The summed E-state index contributed by atoms with van der Waals surface area (Å²) in [6.45, 7) is -0.0886. The Morgan fingerprint density at radius 3 is 1.36 bits per heavy atom. The first-order valence-electron chi connectivity index (χ1n) is 20.1. The number of rotatable bonds is 8. The highest BCUT2D eigenvalue weighted by atomic mass is 16.5. The van der Waals surface area contributed by atoms with Crippen molar-refractivity contribution in [3.63, 3.8) is 0 Å². The summed E-state index contributed by atoms with van der Waals surface area (Å²) in [5.74, 6) is 1.74. The van der Waals surface area contributed by atoms with E-state index in [2.05, 4.69) is 245 Å². The Hall–Kier alpha value is -7.76. The van der Waals surface area contributed by atoms with Crippen LogP contribution in [0.5, 0.6) is 11.5 Å². The van der Waals surface area contributed by atoms with Gasteiger partial charge in [0.25, 0.3) is 6.71 Å². The normalized spacial score (nSPS) is 12.1. The Morgan fingerprint density at radius 2 is 0.831 bits per heavy atom. The minimum Gasteiger partial charge on any atom is -0.458 e. The summed E-state index contributed by atoms with van der Waals surface area (Å²) < 4.78 is 7.29. The van der Waals surface area contributed by atoms with Gasteiger partial charge in [0.1, 0.15) is 11.5 Å². The molecule has 5 heteroatoms. The summed E-state index contributed by atoms with van der Waals surface area (Å²) in [5, 5.41) is 0. The molecular weight excluding hydrogens is 717 g/mol. The van der Waals surface area contributed by atoms with E-state index in [0.717, 1.165) is 79.3 Å². The maximum Gasteiger partial charge on any atom is 0.256 e. The van der Waals surface area contributed by atoms with Crippen molar-refractivity contribution in [2.75, 3.05) is 14.7 Å². The van der Waals surface area contributed by atoms with E-state index in [9.17, 15) is 0 Å². The Kier molecular flexibility index (Phi) is 8.56. The van der Waals surface area contributed by atoms with Gasteiger partial charge in [0.2, 0.25) is 0 Å². The van der Waals surface area contributed by atoms with Crippen LogP contribution in [0, 0.1) is 0 Å². The Labute approximate surface area is 345 Å². The molecule has 0 aliphatic carbocycles. The molecule has 59 heavy (non-hydrogen) atoms. The third-order valence-corrected chi connectivity index (χ3v) is 11.5. The Bertz CT molecular complexity index is 2830. The fourth-order valence-corrected chi connectivity index (χ4v) is 8.89. The number of hydrogen-bond acceptors (Lipinski definition) is 4. The summed E-state index contributed by atoms with van der Waals surface area (Å²) in [4.78, 5) is 7.06. The number of fused-ring (bicyclic) bond motifs is 4. The van der Waals surface area contributed by atoms with Crippen LogP contribution in [0.25, 0.3) is 11.1 Å². The minimum atomic E-state index is -0.0886. The molecule has 9 aromatic carbocycles. The highest BCUT2D eigenvalue weighted by Gasteiger charge is 2.43. The Balaban J connectivity index is 1.16. The molecule has 4 nitrogen and oxygen atoms in total. The van der Waals surface area contributed by atoms with Crippen LogP contribution in [-0.2, 0) is 0 Å². The topological polar surface area (TPSA) is 19.0 Å². The van der Waals surface area contributed by atoms with Crippen molar-refractivity contribution in [2.24, 2.45) is 0 Å². The van der Waals surface area contributed by atoms with Gasteiger partial charge in [-0.1, -0.05) is 133 Å². The lowest BCUT2D eigenvalue weighted by Gasteiger charge is -2.41. The lowest BCUT2D eigenvalue weighted by Crippen LogP contribution is -2.59. The zero-order valence-electron chi connectivity index (χ0n) is 32.3. The SMILES string of the molecule is c1ccc(-c2ccc3c4c2Oc2cc(N(c5ccccc5)c5ccccc5)ccc2B4c2ccc(N(c4ccccc4)c4ccccc4)cc2N3c2ccccc2)cc1. The lowest BCUT2D eigenvalue weighted by atomic mass is 9.34. The van der Waals surface area contributed by atoms with E-state index in [1.165, 1.54) is 10.9 Å². The molecule has 0 aromatic heterocycles. The third kappa shape index (κ3) is 6.03. The van der Waals surface area contributed by atoms with Crippen molar-refractivity contribution in [3.8, 4) is 22.6 Å². The van der Waals surface area contributed by atoms with Gasteiger partial charge >= 0.3 is 0 Å². The molecule has 0 bridgehead atoms. The first kappa shape index (κ1) is 34.5. The van der Waals surface area contributed by atoms with Crippen molar-refractivity contribution < 1.29 is 4.74 Å². The molecule has 0 radical (unpaired) electrons. The van der Waals surface area contributed by atoms with Gasteiger partial charge < -0.3 is 19.4 Å². The first-order valence-corrected chi connectivity index (χ1v) is 20.1. The van der Waals surface area contributed by atoms with Gasteiger partial charge in [-0.05, 0) is 113 Å². The molecule has 2 heterocycles. The zero-order chi connectivity index (χ0) is 39.1. The van der Waals surface area contributed by atoms with Gasteiger partial charge in [-0.15, -0.1) is 0 Å². The molecule has 278 valence electrons. The second-order valence-electron chi connectivity index (χ2n) is 14.9. The maximum absolute atomic E-state index is 7.29. The molecule has 0 amide bonds. The fourth-order valence-electron chi connectivity index (χ4n) is 8.89. The number of para-hydroxylation sites is 5. The van der Waals surface area contributed by atoms with Gasteiger partial charge in [0.05, 0.1) is 0 Å². The molecule has 9 aromatic rings. The maximum atomic E-state index is 7.29. The third-order valence-electron chi connectivity index (χ3n) is 11.5. The van der Waals surface area contributed by atoms with Crippen LogP contribution in [-0.4, -0.2) is 6.71 Å². The molecule has 0 spiro atoms. The summed E-state index contributed by atoms with van der Waals surface area (Å²) >= 11 is 0. The average Bonchev–Trinajstić information content (AvgIpc) is 3.31. The molecule has 2 aliphatic rings. The molecule has 0 atom stereocenters. The summed E-state index contributed by atoms with van der Waals surface area (Å²) in [6.07, 6.45) is 0. The molecule has 2 aliphatic heterocycles. The fraction of sp³-hybridized carbons (Fsp3) is 0. The highest BCUT2D eigenvalue weighted by molar-refractivity contribution is 6.99. The van der Waals surface area contributed by atoms with Crippen LogP contribution >= 0.6 is 0 Å². The van der Waals surface area contributed by atoms with E-state index >= 15 is 0 Å². The number of ether oxygens (including phenoxy) is 1. The predicted molar refractivity (Wildman–Crippen MR) is 247 cm³/mol. The van der Waals surface area contributed by atoms with E-state index in [1.807, 2.05) is 0 Å². The number of hydrogen-bond donors (Lipinski definition) is 0. The van der Waals surface area contributed by atoms with Crippen molar-refractivity contribution in [2.45, 2.75) is 0 Å². The van der Waals surface area contributed by atoms with Crippen molar-refractivity contribution in [1.29, 1.82) is 0 Å². The van der Waals surface area contributed by atoms with Crippen LogP contribution in [0.2, 0.25) is 0 Å². The van der Waals surface area contributed by atoms with E-state index < -0.39 is 0 Å². The summed E-state index contributed by atoms with van der Waals surface area (Å²) in [5.41, 5.74) is 15.5. The van der Waals surface area contributed by atoms with Gasteiger partial charge in [-0.25, -0.2) is 0 Å². The molecule has 0 saturated carbocycles. The molecule has 0 fully saturated rings. The summed E-state index contributed by atoms with van der Waals surface area (Å²) in [6, 6.07) is 82.0. The average molecular weight is 756 g/mol. The monoisotopic (exact) mass is 755 g/mol. The Morgan fingerprint density at radius 1 is 0.373 bits per heavy atom. The zero-order valence-corrected chi connectivity index (χ0v) is 32.3. The number of anilines is 9. The molecule has 0 unspecified atom stereocenters. The second kappa shape index (κ2) is 14.6. The summed E-state index contributed by atoms with van der Waals surface area (Å²) in [7, 11) is 0. The van der Waals surface area contributed by atoms with Gasteiger partial charge in [0.15, 0.2) is 0 Å². The smallest absolute Gasteiger partial charge is 0.256 e. The largest absolute Gasteiger partial charge is 0.458 e. The van der Waals surface area contributed by atoms with Crippen LogP contribution in [0.4, 0.5) is 51.2 Å². The minimum absolute atomic E-state index is 0.0886. The van der Waals surface area contributed by atoms with E-state index in [4.69, 9.17) is 4.74 Å². The predicted octanol–water partition coefficient (Wildman–Crippen LogP) is 12.7. The van der Waals surface area contributed by atoms with Gasteiger partial charge in [-0.3, -0.25) is 0 Å². The van der Waals surface area contributed by atoms with Gasteiger partial charge in [0, 0.05) is 62.8 Å². The van der Waals surface area contributed by atoms with E-state index in [1.54, 1.807) is 0 Å². The quantitative estimate of drug-likeness (QED) is 0.144. The first-order chi connectivity index (χ1) is 29.3. The van der Waals surface area contributed by atoms with Crippen LogP contribution in [0.15, 0.2) is 231 Å². The second-order valence-corrected chi connectivity index (χ2v) is 14.9. The van der Waals surface area contributed by atoms with Gasteiger partial charge in [-0.2, -0.15) is 0 Å². The van der Waals surface area contributed by atoms with Crippen LogP contribution < -0.4 is 35.8 Å². The van der Waals surface area contributed by atoms with Crippen LogP contribution in [0.3, 0.4) is 0 Å². The number of benzene rings is 9. The highest BCUT2D eigenvalue weighted by Crippen LogP contribution is 2.47. The van der Waals surface area contributed by atoms with Crippen molar-refractivity contribution in [1.82, 2.24) is 0 Å². The van der Waals surface area contributed by atoms with Crippen molar-refractivity contribution in [3.05, 3.63) is 231 Å². The van der Waals surface area contributed by atoms with E-state index in [0.29, 0.717) is 0 Å². The molecule has 11 rings (SSSR count).